The number of thiazole rings is 1. The van der Waals surface area contributed by atoms with Gasteiger partial charge < -0.3 is 31.3 Å². The number of hydrogen-bond acceptors (Lipinski definition) is 8. The molecule has 0 aliphatic heterocycles. The van der Waals surface area contributed by atoms with Crippen molar-refractivity contribution < 1.29 is 19.1 Å². The quantitative estimate of drug-likeness (QED) is 0.130. The van der Waals surface area contributed by atoms with E-state index < -0.39 is 12.1 Å². The highest BCUT2D eigenvalue weighted by molar-refractivity contribution is 7.84. The average molecular weight is 667 g/mol. The van der Waals surface area contributed by atoms with Gasteiger partial charge >= 0.3 is 12.1 Å². The summed E-state index contributed by atoms with van der Waals surface area (Å²) in [5.74, 6) is 0.0315. The van der Waals surface area contributed by atoms with Crippen molar-refractivity contribution in [3.8, 4) is 0 Å². The second kappa shape index (κ2) is 18.8. The predicted molar refractivity (Wildman–Crippen MR) is 187 cm³/mol. The summed E-state index contributed by atoms with van der Waals surface area (Å²) in [4.78, 5) is 45.5. The highest BCUT2D eigenvalue weighted by Gasteiger charge is 2.23. The maximum absolute atomic E-state index is 13.4. The van der Waals surface area contributed by atoms with Crippen molar-refractivity contribution >= 4 is 42.0 Å². The van der Waals surface area contributed by atoms with Gasteiger partial charge in [-0.3, -0.25) is 4.79 Å². The average Bonchev–Trinajstić information content (AvgIpc) is 3.52. The summed E-state index contributed by atoms with van der Waals surface area (Å²) in [6.45, 7) is 6.15. The van der Waals surface area contributed by atoms with E-state index in [4.69, 9.17) is 10.5 Å². The van der Waals surface area contributed by atoms with Crippen molar-refractivity contribution in [3.05, 3.63) is 99.0 Å². The zero-order valence-corrected chi connectivity index (χ0v) is 28.7. The number of hydrogen-bond donors (Lipinski definition) is 5. The minimum atomic E-state index is -0.769. The summed E-state index contributed by atoms with van der Waals surface area (Å²) in [7, 11) is 1.68. The smallest absolute Gasteiger partial charge is 0.407 e. The van der Waals surface area contributed by atoms with Crippen molar-refractivity contribution in [2.45, 2.75) is 77.0 Å². The van der Waals surface area contributed by atoms with E-state index in [0.717, 1.165) is 21.8 Å². The topological polar surface area (TPSA) is 139 Å². The number of carbonyl (C=O) groups is 3. The van der Waals surface area contributed by atoms with Gasteiger partial charge in [-0.1, -0.05) is 74.5 Å². The van der Waals surface area contributed by atoms with E-state index in [1.54, 1.807) is 25.3 Å². The van der Waals surface area contributed by atoms with Gasteiger partial charge in [0.1, 0.15) is 12.6 Å². The number of carbonyl (C=O) groups excluding carboxylic acids is 3. The Morgan fingerprint density at radius 1 is 0.935 bits per heavy atom. The van der Waals surface area contributed by atoms with Crippen molar-refractivity contribution in [2.24, 2.45) is 5.73 Å². The molecule has 0 radical (unpaired) electrons. The summed E-state index contributed by atoms with van der Waals surface area (Å²) >= 11 is 5.74. The molecule has 0 saturated heterocycles. The van der Waals surface area contributed by atoms with Crippen LogP contribution in [0.2, 0.25) is 0 Å². The van der Waals surface area contributed by atoms with Gasteiger partial charge in [0.15, 0.2) is 0 Å². The Labute approximate surface area is 281 Å². The molecule has 10 nitrogen and oxygen atoms in total. The van der Waals surface area contributed by atoms with Crippen LogP contribution in [0.25, 0.3) is 0 Å². The Morgan fingerprint density at radius 3 is 2.02 bits per heavy atom. The van der Waals surface area contributed by atoms with Gasteiger partial charge in [0.2, 0.25) is 5.91 Å². The summed E-state index contributed by atoms with van der Waals surface area (Å²) in [6.07, 6.45) is 3.01. The molecule has 1 aromatic heterocycles. The number of rotatable bonds is 16. The maximum atomic E-state index is 13.4. The SMILES string of the molecule is CC(NC(=O)N(C)Cc1csc(C(C)C)n1)C(=O)NC(CCC(Cc1ccccc1)NC(=O)OC/C(S)=C/N)Cc1ccccc1. The first-order chi connectivity index (χ1) is 22.0. The lowest BCUT2D eigenvalue weighted by Crippen LogP contribution is -2.51. The largest absolute Gasteiger partial charge is 0.444 e. The van der Waals surface area contributed by atoms with Crippen LogP contribution in [0.3, 0.4) is 0 Å². The third-order valence-corrected chi connectivity index (χ3v) is 8.74. The lowest BCUT2D eigenvalue weighted by molar-refractivity contribution is -0.123. The third kappa shape index (κ3) is 12.8. The zero-order chi connectivity index (χ0) is 33.5. The van der Waals surface area contributed by atoms with Gasteiger partial charge in [0, 0.05) is 41.5 Å². The zero-order valence-electron chi connectivity index (χ0n) is 26.9. The van der Waals surface area contributed by atoms with Crippen molar-refractivity contribution in [3.63, 3.8) is 0 Å². The normalized spacial score (nSPS) is 13.4. The minimum Gasteiger partial charge on any atom is -0.444 e. The molecular formula is C34H46N6O4S2. The van der Waals surface area contributed by atoms with Gasteiger partial charge in [0.05, 0.1) is 17.2 Å². The number of nitrogens with two attached hydrogens (primary N) is 1. The molecular weight excluding hydrogens is 621 g/mol. The van der Waals surface area contributed by atoms with Crippen molar-refractivity contribution in [1.82, 2.24) is 25.8 Å². The Morgan fingerprint density at radius 2 is 1.50 bits per heavy atom. The van der Waals surface area contributed by atoms with Gasteiger partial charge in [-0.05, 0) is 43.7 Å². The van der Waals surface area contributed by atoms with E-state index in [0.29, 0.717) is 43.1 Å². The van der Waals surface area contributed by atoms with Crippen LogP contribution in [-0.4, -0.2) is 59.7 Å². The standard InChI is InChI=1S/C34H46N6O4S2/c1-23(2)32-38-29(22-46-32)20-40(4)33(42)36-24(3)31(41)37-27(17-25-11-7-5-8-12-25)15-16-28(18-26-13-9-6-10-14-26)39-34(43)44-21-30(45)19-35/h5-14,19,22-24,27-28,45H,15-18,20-21,35H2,1-4H3,(H,36,42)(H,37,41)(H,39,43)/b30-19-. The van der Waals surface area contributed by atoms with E-state index in [1.165, 1.54) is 11.1 Å². The van der Waals surface area contributed by atoms with Gasteiger partial charge in [-0.2, -0.15) is 0 Å². The highest BCUT2D eigenvalue weighted by Crippen LogP contribution is 2.20. The van der Waals surface area contributed by atoms with Crippen LogP contribution in [0.4, 0.5) is 9.59 Å². The Balaban J connectivity index is 1.65. The van der Waals surface area contributed by atoms with Crippen LogP contribution in [0.5, 0.6) is 0 Å². The minimum absolute atomic E-state index is 0.0300. The number of ether oxygens (including phenoxy) is 1. The lowest BCUT2D eigenvalue weighted by Gasteiger charge is -2.26. The van der Waals surface area contributed by atoms with Crippen LogP contribution in [0.15, 0.2) is 77.1 Å². The van der Waals surface area contributed by atoms with Gasteiger partial charge in [0.25, 0.3) is 0 Å². The molecule has 12 heteroatoms. The number of aromatic nitrogens is 1. The number of thiol groups is 1. The molecule has 1 heterocycles. The second-order valence-corrected chi connectivity index (χ2v) is 13.1. The molecule has 248 valence electrons. The fraction of sp³-hybridized carbons (Fsp3) is 0.412. The van der Waals surface area contributed by atoms with Crippen LogP contribution in [0, 0.1) is 0 Å². The molecule has 3 atom stereocenters. The first-order valence-corrected chi connectivity index (χ1v) is 16.7. The lowest BCUT2D eigenvalue weighted by atomic mass is 9.96. The number of nitrogens with one attached hydrogen (secondary N) is 3. The number of benzene rings is 2. The number of urea groups is 1. The van der Waals surface area contributed by atoms with E-state index in [1.807, 2.05) is 66.0 Å². The van der Waals surface area contributed by atoms with E-state index in [-0.39, 0.29) is 30.6 Å². The number of nitrogens with zero attached hydrogens (tertiary/aromatic N) is 2. The Bertz CT molecular complexity index is 1420. The molecule has 46 heavy (non-hydrogen) atoms. The van der Waals surface area contributed by atoms with Crippen molar-refractivity contribution in [2.75, 3.05) is 13.7 Å². The monoisotopic (exact) mass is 666 g/mol. The van der Waals surface area contributed by atoms with Crippen molar-refractivity contribution in [1.29, 1.82) is 0 Å². The molecule has 3 rings (SSSR count). The summed E-state index contributed by atoms with van der Waals surface area (Å²) in [5.41, 5.74) is 8.38. The molecule has 4 amide bonds. The summed E-state index contributed by atoms with van der Waals surface area (Å²) < 4.78 is 5.27. The van der Waals surface area contributed by atoms with E-state index >= 15 is 0 Å². The molecule has 3 aromatic rings. The first kappa shape index (κ1) is 36.4. The first-order valence-electron chi connectivity index (χ1n) is 15.4. The van der Waals surface area contributed by atoms with Gasteiger partial charge in [-0.15, -0.1) is 24.0 Å². The Hall–Kier alpha value is -4.03. The van der Waals surface area contributed by atoms with Crippen LogP contribution >= 0.6 is 24.0 Å². The molecule has 3 unspecified atom stereocenters. The van der Waals surface area contributed by atoms with Crippen LogP contribution in [-0.2, 0) is 28.9 Å². The third-order valence-electron chi connectivity index (χ3n) is 7.27. The molecule has 0 bridgehead atoms. The molecule has 0 aliphatic carbocycles. The van der Waals surface area contributed by atoms with Crippen LogP contribution in [0.1, 0.15) is 61.4 Å². The maximum Gasteiger partial charge on any atom is 0.407 e. The fourth-order valence-electron chi connectivity index (χ4n) is 4.71. The molecule has 0 saturated carbocycles. The summed E-state index contributed by atoms with van der Waals surface area (Å²) in [5, 5.41) is 11.9. The fourth-order valence-corrected chi connectivity index (χ4v) is 5.60. The number of amides is 4. The highest BCUT2D eigenvalue weighted by atomic mass is 32.1. The number of alkyl carbamates (subject to hydrolysis) is 1. The second-order valence-electron chi connectivity index (χ2n) is 11.6. The predicted octanol–water partition coefficient (Wildman–Crippen LogP) is 5.37. The molecule has 2 aromatic carbocycles. The molecule has 0 aliphatic rings. The van der Waals surface area contributed by atoms with E-state index in [2.05, 4.69) is 47.4 Å². The van der Waals surface area contributed by atoms with Gasteiger partial charge in [-0.25, -0.2) is 14.6 Å². The Kier molecular flexibility index (Phi) is 14.9. The molecule has 0 fully saturated rings. The van der Waals surface area contributed by atoms with E-state index in [9.17, 15) is 14.4 Å². The molecule has 5 N–H and O–H groups in total. The van der Waals surface area contributed by atoms with Crippen LogP contribution < -0.4 is 21.7 Å². The molecule has 0 spiro atoms. The summed E-state index contributed by atoms with van der Waals surface area (Å²) in [6, 6.07) is 18.1.